The van der Waals surface area contributed by atoms with Crippen molar-refractivity contribution < 1.29 is 9.90 Å². The lowest BCUT2D eigenvalue weighted by Crippen LogP contribution is -2.30. The van der Waals surface area contributed by atoms with Crippen molar-refractivity contribution in [2.75, 3.05) is 6.54 Å². The summed E-state index contributed by atoms with van der Waals surface area (Å²) in [6.45, 7) is 5.31. The summed E-state index contributed by atoms with van der Waals surface area (Å²) in [4.78, 5) is 13.4. The fourth-order valence-corrected chi connectivity index (χ4v) is 2.88. The van der Waals surface area contributed by atoms with E-state index in [4.69, 9.17) is 5.11 Å². The van der Waals surface area contributed by atoms with Gasteiger partial charge in [-0.15, -0.1) is 0 Å². The number of aromatic carboxylic acids is 1. The Morgan fingerprint density at radius 3 is 2.81 bits per heavy atom. The van der Waals surface area contributed by atoms with E-state index >= 15 is 0 Å². The van der Waals surface area contributed by atoms with Crippen LogP contribution in [0.1, 0.15) is 34.2 Å². The molecule has 0 atom stereocenters. The molecule has 0 aliphatic carbocycles. The van der Waals surface area contributed by atoms with Gasteiger partial charge >= 0.3 is 5.97 Å². The van der Waals surface area contributed by atoms with E-state index in [0.29, 0.717) is 6.54 Å². The first-order valence-electron chi connectivity index (χ1n) is 7.26. The van der Waals surface area contributed by atoms with Crippen molar-refractivity contribution in [2.24, 2.45) is 0 Å². The molecule has 0 spiro atoms. The fraction of sp³-hybridized carbons (Fsp3) is 0.375. The minimum atomic E-state index is -0.965. The quantitative estimate of drug-likeness (QED) is 0.935. The molecule has 5 heteroatoms. The highest BCUT2D eigenvalue weighted by molar-refractivity contribution is 5.85. The Balaban J connectivity index is 1.77. The van der Waals surface area contributed by atoms with Gasteiger partial charge in [-0.05, 0) is 30.5 Å². The van der Waals surface area contributed by atoms with Gasteiger partial charge in [0, 0.05) is 26.2 Å². The standard InChI is InChI=1S/C16H19N3O2/c1-2-19-14(9-15(17-19)16(20)21)11-18-8-7-12-5-3-4-6-13(12)10-18/h3-6,9H,2,7-8,10-11H2,1H3,(H,20,21). The first-order chi connectivity index (χ1) is 10.2. The van der Waals surface area contributed by atoms with Gasteiger partial charge in [0.1, 0.15) is 0 Å². The third-order valence-corrected chi connectivity index (χ3v) is 3.98. The van der Waals surface area contributed by atoms with Crippen LogP contribution in [0.5, 0.6) is 0 Å². The fourth-order valence-electron chi connectivity index (χ4n) is 2.88. The number of hydrogen-bond donors (Lipinski definition) is 1. The number of carboxylic acids is 1. The van der Waals surface area contributed by atoms with Gasteiger partial charge in [-0.2, -0.15) is 5.10 Å². The Morgan fingerprint density at radius 2 is 2.10 bits per heavy atom. The molecule has 1 aromatic carbocycles. The predicted molar refractivity (Wildman–Crippen MR) is 79.1 cm³/mol. The molecule has 2 aromatic rings. The lowest BCUT2D eigenvalue weighted by molar-refractivity contribution is 0.0689. The number of carbonyl (C=O) groups is 1. The maximum atomic E-state index is 11.0. The highest BCUT2D eigenvalue weighted by atomic mass is 16.4. The summed E-state index contributed by atoms with van der Waals surface area (Å²) in [6, 6.07) is 10.2. The molecule has 2 heterocycles. The second-order valence-electron chi connectivity index (χ2n) is 5.37. The van der Waals surface area contributed by atoms with Crippen molar-refractivity contribution in [2.45, 2.75) is 33.0 Å². The molecule has 0 radical (unpaired) electrons. The number of aryl methyl sites for hydroxylation is 1. The number of nitrogens with zero attached hydrogens (tertiary/aromatic N) is 3. The Morgan fingerprint density at radius 1 is 1.33 bits per heavy atom. The van der Waals surface area contributed by atoms with Gasteiger partial charge in [0.2, 0.25) is 0 Å². The van der Waals surface area contributed by atoms with Crippen molar-refractivity contribution in [3.8, 4) is 0 Å². The van der Waals surface area contributed by atoms with Gasteiger partial charge in [0.15, 0.2) is 5.69 Å². The lowest BCUT2D eigenvalue weighted by Gasteiger charge is -2.28. The van der Waals surface area contributed by atoms with E-state index in [1.165, 1.54) is 11.1 Å². The van der Waals surface area contributed by atoms with Crippen molar-refractivity contribution in [3.05, 3.63) is 52.8 Å². The van der Waals surface area contributed by atoms with E-state index in [0.717, 1.165) is 31.7 Å². The number of aromatic nitrogens is 2. The van der Waals surface area contributed by atoms with Crippen LogP contribution in [0.4, 0.5) is 0 Å². The minimum absolute atomic E-state index is 0.129. The Labute approximate surface area is 123 Å². The molecule has 21 heavy (non-hydrogen) atoms. The van der Waals surface area contributed by atoms with Crippen LogP contribution in [0.2, 0.25) is 0 Å². The summed E-state index contributed by atoms with van der Waals surface area (Å²) >= 11 is 0. The van der Waals surface area contributed by atoms with Crippen molar-refractivity contribution in [3.63, 3.8) is 0 Å². The van der Waals surface area contributed by atoms with Crippen molar-refractivity contribution in [1.29, 1.82) is 0 Å². The number of carboxylic acid groups (broad SMARTS) is 1. The van der Waals surface area contributed by atoms with Gasteiger partial charge in [0.25, 0.3) is 0 Å². The molecule has 1 aromatic heterocycles. The highest BCUT2D eigenvalue weighted by Gasteiger charge is 2.19. The molecule has 3 rings (SSSR count). The highest BCUT2D eigenvalue weighted by Crippen LogP contribution is 2.20. The molecule has 1 N–H and O–H groups in total. The first-order valence-corrected chi connectivity index (χ1v) is 7.26. The van der Waals surface area contributed by atoms with Crippen LogP contribution >= 0.6 is 0 Å². The molecule has 0 bridgehead atoms. The summed E-state index contributed by atoms with van der Waals surface area (Å²) in [5, 5.41) is 13.2. The van der Waals surface area contributed by atoms with Crippen LogP contribution in [-0.2, 0) is 26.1 Å². The number of rotatable bonds is 4. The molecule has 0 amide bonds. The lowest BCUT2D eigenvalue weighted by atomic mass is 10.00. The summed E-state index contributed by atoms with van der Waals surface area (Å²) in [5.41, 5.74) is 3.88. The van der Waals surface area contributed by atoms with E-state index in [1.54, 1.807) is 10.7 Å². The molecule has 1 aliphatic heterocycles. The van der Waals surface area contributed by atoms with E-state index in [9.17, 15) is 4.79 Å². The maximum absolute atomic E-state index is 11.0. The van der Waals surface area contributed by atoms with Crippen LogP contribution < -0.4 is 0 Å². The van der Waals surface area contributed by atoms with Crippen LogP contribution in [0.15, 0.2) is 30.3 Å². The predicted octanol–water partition coefficient (Wildman–Crippen LogP) is 2.16. The second-order valence-corrected chi connectivity index (χ2v) is 5.37. The molecule has 1 aliphatic rings. The topological polar surface area (TPSA) is 58.4 Å². The van der Waals surface area contributed by atoms with Crippen LogP contribution in [0.25, 0.3) is 0 Å². The van der Waals surface area contributed by atoms with Crippen LogP contribution in [-0.4, -0.2) is 32.3 Å². The molecule has 0 unspecified atom stereocenters. The summed E-state index contributed by atoms with van der Waals surface area (Å²) < 4.78 is 1.78. The second kappa shape index (κ2) is 5.69. The molecule has 0 saturated carbocycles. The average molecular weight is 285 g/mol. The van der Waals surface area contributed by atoms with E-state index in [-0.39, 0.29) is 5.69 Å². The number of fused-ring (bicyclic) bond motifs is 1. The zero-order chi connectivity index (χ0) is 14.8. The van der Waals surface area contributed by atoms with Crippen LogP contribution in [0, 0.1) is 0 Å². The van der Waals surface area contributed by atoms with Crippen molar-refractivity contribution >= 4 is 5.97 Å². The van der Waals surface area contributed by atoms with Gasteiger partial charge in [-0.1, -0.05) is 24.3 Å². The summed E-state index contributed by atoms with van der Waals surface area (Å²) in [7, 11) is 0. The monoisotopic (exact) mass is 285 g/mol. The SMILES string of the molecule is CCn1nc(C(=O)O)cc1CN1CCc2ccccc2C1. The third kappa shape index (κ3) is 2.83. The Kier molecular flexibility index (Phi) is 3.75. The first kappa shape index (κ1) is 13.8. The van der Waals surface area contributed by atoms with E-state index in [2.05, 4.69) is 34.3 Å². The van der Waals surface area contributed by atoms with E-state index in [1.807, 2.05) is 6.92 Å². The van der Waals surface area contributed by atoms with Crippen molar-refractivity contribution in [1.82, 2.24) is 14.7 Å². The molecule has 5 nitrogen and oxygen atoms in total. The Hall–Kier alpha value is -2.14. The van der Waals surface area contributed by atoms with Crippen LogP contribution in [0.3, 0.4) is 0 Å². The van der Waals surface area contributed by atoms with Gasteiger partial charge in [0.05, 0.1) is 5.69 Å². The zero-order valence-corrected chi connectivity index (χ0v) is 12.1. The third-order valence-electron chi connectivity index (χ3n) is 3.98. The largest absolute Gasteiger partial charge is 0.476 e. The molecular weight excluding hydrogens is 266 g/mol. The summed E-state index contributed by atoms with van der Waals surface area (Å²) in [6.07, 6.45) is 1.04. The Bertz CT molecular complexity index is 663. The molecule has 110 valence electrons. The number of benzene rings is 1. The molecular formula is C16H19N3O2. The van der Waals surface area contributed by atoms with Gasteiger partial charge < -0.3 is 5.11 Å². The molecule has 0 saturated heterocycles. The normalized spacial score (nSPS) is 14.9. The van der Waals surface area contributed by atoms with Gasteiger partial charge in [-0.3, -0.25) is 9.58 Å². The van der Waals surface area contributed by atoms with Gasteiger partial charge in [-0.25, -0.2) is 4.79 Å². The maximum Gasteiger partial charge on any atom is 0.356 e. The molecule has 0 fully saturated rings. The average Bonchev–Trinajstić information content (AvgIpc) is 2.90. The van der Waals surface area contributed by atoms with E-state index < -0.39 is 5.97 Å². The number of hydrogen-bond acceptors (Lipinski definition) is 3. The minimum Gasteiger partial charge on any atom is -0.476 e. The smallest absolute Gasteiger partial charge is 0.356 e. The zero-order valence-electron chi connectivity index (χ0n) is 12.1. The summed E-state index contributed by atoms with van der Waals surface area (Å²) in [5.74, 6) is -0.965.